The maximum Gasteiger partial charge on any atom is 0.253 e. The molecule has 7 nitrogen and oxygen atoms in total. The summed E-state index contributed by atoms with van der Waals surface area (Å²) in [7, 11) is 1.82. The van der Waals surface area contributed by atoms with Crippen LogP contribution in [0.2, 0.25) is 0 Å². The summed E-state index contributed by atoms with van der Waals surface area (Å²) in [6, 6.07) is 0. The fourth-order valence-corrected chi connectivity index (χ4v) is 3.06. The number of hydrogen-bond donors (Lipinski definition) is 3. The SMILES string of the molecule is CCC(=O)c1sc(NCc2cnn(C)c2)c(C(N)=O)c1N. The Bertz CT molecular complexity index is 689. The maximum atomic E-state index is 11.8. The molecule has 0 aromatic carbocycles. The lowest BCUT2D eigenvalue weighted by Gasteiger charge is -2.04. The van der Waals surface area contributed by atoms with E-state index < -0.39 is 5.91 Å². The normalized spacial score (nSPS) is 10.6. The molecule has 5 N–H and O–H groups in total. The van der Waals surface area contributed by atoms with Crippen molar-refractivity contribution in [3.8, 4) is 0 Å². The lowest BCUT2D eigenvalue weighted by molar-refractivity contribution is 0.0991. The average Bonchev–Trinajstić information content (AvgIpc) is 2.99. The number of nitrogens with zero attached hydrogens (tertiary/aromatic N) is 2. The third-order valence-corrected chi connectivity index (χ3v) is 4.18. The summed E-state index contributed by atoms with van der Waals surface area (Å²) in [5.41, 5.74) is 12.5. The summed E-state index contributed by atoms with van der Waals surface area (Å²) in [6.07, 6.45) is 3.89. The van der Waals surface area contributed by atoms with Crippen LogP contribution < -0.4 is 16.8 Å². The van der Waals surface area contributed by atoms with Crippen molar-refractivity contribution in [1.82, 2.24) is 9.78 Å². The number of hydrogen-bond acceptors (Lipinski definition) is 6. The van der Waals surface area contributed by atoms with E-state index in [9.17, 15) is 9.59 Å². The number of nitrogens with one attached hydrogen (secondary N) is 1. The van der Waals surface area contributed by atoms with Crippen LogP contribution in [0.1, 0.15) is 38.9 Å². The van der Waals surface area contributed by atoms with Crippen LogP contribution in [0.3, 0.4) is 0 Å². The summed E-state index contributed by atoms with van der Waals surface area (Å²) in [6.45, 7) is 2.21. The number of ketones is 1. The second-order valence-corrected chi connectivity index (χ2v) is 5.59. The van der Waals surface area contributed by atoms with Gasteiger partial charge < -0.3 is 16.8 Å². The van der Waals surface area contributed by atoms with E-state index in [4.69, 9.17) is 11.5 Å². The highest BCUT2D eigenvalue weighted by Crippen LogP contribution is 2.36. The molecule has 0 unspecified atom stereocenters. The highest BCUT2D eigenvalue weighted by molar-refractivity contribution is 7.19. The van der Waals surface area contributed by atoms with E-state index in [0.29, 0.717) is 22.8 Å². The molecule has 0 aliphatic heterocycles. The number of primary amides is 1. The Balaban J connectivity index is 2.29. The first-order chi connectivity index (χ1) is 9.93. The quantitative estimate of drug-likeness (QED) is 0.697. The molecule has 0 saturated carbocycles. The van der Waals surface area contributed by atoms with Crippen LogP contribution in [0.25, 0.3) is 0 Å². The van der Waals surface area contributed by atoms with Gasteiger partial charge in [-0.1, -0.05) is 6.92 Å². The van der Waals surface area contributed by atoms with Gasteiger partial charge in [-0.05, 0) is 0 Å². The van der Waals surface area contributed by atoms with Gasteiger partial charge in [0.25, 0.3) is 5.91 Å². The highest BCUT2D eigenvalue weighted by atomic mass is 32.1. The minimum Gasteiger partial charge on any atom is -0.397 e. The molecule has 2 heterocycles. The standard InChI is InChI=1S/C13H17N5O2S/c1-3-8(19)11-10(14)9(12(15)20)13(21-11)16-4-7-5-17-18(2)6-7/h5-6,16H,3-4,14H2,1-2H3,(H2,15,20). The molecule has 0 bridgehead atoms. The number of Topliss-reactive ketones (excluding diaryl/α,β-unsaturated/α-hetero) is 1. The molecule has 0 aliphatic rings. The predicted octanol–water partition coefficient (Wildman–Crippen LogP) is 1.37. The van der Waals surface area contributed by atoms with Gasteiger partial charge in [0.15, 0.2) is 5.78 Å². The minimum absolute atomic E-state index is 0.102. The van der Waals surface area contributed by atoms with E-state index in [1.807, 2.05) is 13.2 Å². The molecule has 8 heteroatoms. The molecule has 0 fully saturated rings. The summed E-state index contributed by atoms with van der Waals surface area (Å²) in [5, 5.41) is 7.67. The molecule has 21 heavy (non-hydrogen) atoms. The lowest BCUT2D eigenvalue weighted by Crippen LogP contribution is -2.15. The molecule has 0 spiro atoms. The lowest BCUT2D eigenvalue weighted by atomic mass is 10.1. The molecule has 2 rings (SSSR count). The average molecular weight is 307 g/mol. The van der Waals surface area contributed by atoms with Crippen molar-refractivity contribution in [2.75, 3.05) is 11.1 Å². The van der Waals surface area contributed by atoms with Crippen molar-refractivity contribution in [1.29, 1.82) is 0 Å². The number of carbonyl (C=O) groups excluding carboxylic acids is 2. The molecule has 0 saturated heterocycles. The highest BCUT2D eigenvalue weighted by Gasteiger charge is 2.23. The number of amides is 1. The fourth-order valence-electron chi connectivity index (χ4n) is 1.93. The minimum atomic E-state index is -0.646. The Morgan fingerprint density at radius 2 is 2.19 bits per heavy atom. The maximum absolute atomic E-state index is 11.8. The third-order valence-electron chi connectivity index (χ3n) is 2.98. The number of nitrogen functional groups attached to an aromatic ring is 1. The Morgan fingerprint density at radius 3 is 2.71 bits per heavy atom. The number of thiophene rings is 1. The van der Waals surface area contributed by atoms with Gasteiger partial charge in [-0.15, -0.1) is 11.3 Å². The Labute approximate surface area is 125 Å². The van der Waals surface area contributed by atoms with E-state index in [-0.39, 0.29) is 17.0 Å². The monoisotopic (exact) mass is 307 g/mol. The number of rotatable bonds is 6. The van der Waals surface area contributed by atoms with Gasteiger partial charge in [-0.2, -0.15) is 5.10 Å². The zero-order valence-corrected chi connectivity index (χ0v) is 12.7. The first-order valence-corrected chi connectivity index (χ1v) is 7.22. The summed E-state index contributed by atoms with van der Waals surface area (Å²) in [5.74, 6) is -0.748. The fraction of sp³-hybridized carbons (Fsp3) is 0.308. The molecular formula is C13H17N5O2S. The largest absolute Gasteiger partial charge is 0.397 e. The topological polar surface area (TPSA) is 116 Å². The zero-order valence-electron chi connectivity index (χ0n) is 11.8. The van der Waals surface area contributed by atoms with E-state index in [0.717, 1.165) is 16.9 Å². The number of aromatic nitrogens is 2. The van der Waals surface area contributed by atoms with E-state index in [1.165, 1.54) is 0 Å². The van der Waals surface area contributed by atoms with Crippen LogP contribution in [-0.2, 0) is 13.6 Å². The Hall–Kier alpha value is -2.35. The van der Waals surface area contributed by atoms with Gasteiger partial charge in [0, 0.05) is 31.8 Å². The van der Waals surface area contributed by atoms with Crippen LogP contribution in [0.15, 0.2) is 12.4 Å². The molecule has 112 valence electrons. The number of nitrogens with two attached hydrogens (primary N) is 2. The van der Waals surface area contributed by atoms with Crippen molar-refractivity contribution in [3.05, 3.63) is 28.4 Å². The van der Waals surface area contributed by atoms with Crippen molar-refractivity contribution >= 4 is 33.7 Å². The van der Waals surface area contributed by atoms with Crippen molar-refractivity contribution < 1.29 is 9.59 Å². The third kappa shape index (κ3) is 3.05. The van der Waals surface area contributed by atoms with Crippen LogP contribution in [-0.4, -0.2) is 21.5 Å². The van der Waals surface area contributed by atoms with Crippen molar-refractivity contribution in [2.24, 2.45) is 12.8 Å². The van der Waals surface area contributed by atoms with E-state index >= 15 is 0 Å². The number of anilines is 2. The van der Waals surface area contributed by atoms with E-state index in [2.05, 4.69) is 10.4 Å². The first kappa shape index (κ1) is 15.0. The van der Waals surface area contributed by atoms with Crippen LogP contribution >= 0.6 is 11.3 Å². The van der Waals surface area contributed by atoms with Crippen LogP contribution in [0.4, 0.5) is 10.7 Å². The molecule has 2 aromatic rings. The number of carbonyl (C=O) groups is 2. The van der Waals surface area contributed by atoms with Crippen molar-refractivity contribution in [3.63, 3.8) is 0 Å². The molecule has 0 atom stereocenters. The van der Waals surface area contributed by atoms with Gasteiger partial charge in [0.1, 0.15) is 5.00 Å². The second-order valence-electron chi connectivity index (χ2n) is 4.57. The molecule has 0 aliphatic carbocycles. The molecule has 2 aromatic heterocycles. The second kappa shape index (κ2) is 5.96. The van der Waals surface area contributed by atoms with Gasteiger partial charge in [-0.25, -0.2) is 0 Å². The zero-order chi connectivity index (χ0) is 15.6. The van der Waals surface area contributed by atoms with Gasteiger partial charge >= 0.3 is 0 Å². The van der Waals surface area contributed by atoms with Crippen LogP contribution in [0, 0.1) is 0 Å². The Kier molecular flexibility index (Phi) is 4.27. The summed E-state index contributed by atoms with van der Waals surface area (Å²) >= 11 is 1.16. The summed E-state index contributed by atoms with van der Waals surface area (Å²) in [4.78, 5) is 23.8. The van der Waals surface area contributed by atoms with Gasteiger partial charge in [0.2, 0.25) is 0 Å². The smallest absolute Gasteiger partial charge is 0.253 e. The molecule has 1 amide bonds. The molecular weight excluding hydrogens is 290 g/mol. The predicted molar refractivity (Wildman–Crippen MR) is 82.4 cm³/mol. The number of aryl methyl sites for hydroxylation is 1. The van der Waals surface area contributed by atoms with Gasteiger partial charge in [0.05, 0.1) is 22.3 Å². The Morgan fingerprint density at radius 1 is 1.48 bits per heavy atom. The van der Waals surface area contributed by atoms with E-state index in [1.54, 1.807) is 17.8 Å². The molecule has 0 radical (unpaired) electrons. The first-order valence-electron chi connectivity index (χ1n) is 6.40. The summed E-state index contributed by atoms with van der Waals surface area (Å²) < 4.78 is 1.68. The van der Waals surface area contributed by atoms with Crippen molar-refractivity contribution in [2.45, 2.75) is 19.9 Å². The van der Waals surface area contributed by atoms with Crippen LogP contribution in [0.5, 0.6) is 0 Å². The van der Waals surface area contributed by atoms with Gasteiger partial charge in [-0.3, -0.25) is 14.3 Å².